The Labute approximate surface area is 184 Å². The number of hydrogen-bond donors (Lipinski definition) is 2. The molecule has 0 spiro atoms. The number of nitrogens with one attached hydrogen (secondary N) is 2. The smallest absolute Gasteiger partial charge is 0.191 e. The van der Waals surface area contributed by atoms with E-state index in [4.69, 9.17) is 21.3 Å². The van der Waals surface area contributed by atoms with Gasteiger partial charge in [0.05, 0.1) is 24.3 Å². The molecule has 0 radical (unpaired) electrons. The summed E-state index contributed by atoms with van der Waals surface area (Å²) in [7, 11) is 0. The van der Waals surface area contributed by atoms with E-state index in [0.717, 1.165) is 37.8 Å². The lowest BCUT2D eigenvalue weighted by molar-refractivity contribution is 0.0657. The maximum atomic E-state index is 6.30. The molecule has 1 saturated heterocycles. The summed E-state index contributed by atoms with van der Waals surface area (Å²) in [5.41, 5.74) is 2.36. The van der Waals surface area contributed by atoms with Crippen LogP contribution < -0.4 is 15.5 Å². The van der Waals surface area contributed by atoms with Crippen molar-refractivity contribution in [3.63, 3.8) is 0 Å². The Morgan fingerprint density at radius 1 is 1.27 bits per heavy atom. The standard InChI is InChI=1S/C23H32ClN5O/c1-4-25-23(27-14-18-7-9-19(10-8-18)16-30-17(2)3)28-20-11-13-29(15-20)22-21(24)6-5-12-26-22/h5-10,12,17,20H,4,11,13-16H2,1-3H3,(H2,25,27,28). The number of hydrogen-bond acceptors (Lipinski definition) is 4. The van der Waals surface area contributed by atoms with Crippen molar-refractivity contribution >= 4 is 23.4 Å². The van der Waals surface area contributed by atoms with Crippen LogP contribution in [-0.2, 0) is 17.9 Å². The molecular formula is C23H32ClN5O. The van der Waals surface area contributed by atoms with Crippen LogP contribution in [0.4, 0.5) is 5.82 Å². The molecule has 2 N–H and O–H groups in total. The lowest BCUT2D eigenvalue weighted by Crippen LogP contribution is -2.44. The largest absolute Gasteiger partial charge is 0.374 e. The number of guanidine groups is 1. The van der Waals surface area contributed by atoms with E-state index in [2.05, 4.69) is 51.7 Å². The van der Waals surface area contributed by atoms with Crippen molar-refractivity contribution in [2.75, 3.05) is 24.5 Å². The minimum Gasteiger partial charge on any atom is -0.374 e. The normalized spacial score (nSPS) is 16.9. The molecule has 30 heavy (non-hydrogen) atoms. The van der Waals surface area contributed by atoms with E-state index >= 15 is 0 Å². The number of pyridine rings is 1. The monoisotopic (exact) mass is 429 g/mol. The summed E-state index contributed by atoms with van der Waals surface area (Å²) in [5.74, 6) is 1.69. The van der Waals surface area contributed by atoms with Crippen LogP contribution in [0.15, 0.2) is 47.6 Å². The Morgan fingerprint density at radius 2 is 2.03 bits per heavy atom. The van der Waals surface area contributed by atoms with Gasteiger partial charge in [-0.05, 0) is 50.5 Å². The number of halogens is 1. The van der Waals surface area contributed by atoms with Gasteiger partial charge in [-0.15, -0.1) is 0 Å². The van der Waals surface area contributed by atoms with Crippen LogP contribution in [0, 0.1) is 0 Å². The first-order valence-electron chi connectivity index (χ1n) is 10.6. The molecule has 0 aliphatic carbocycles. The number of ether oxygens (including phenoxy) is 1. The number of benzene rings is 1. The van der Waals surface area contributed by atoms with Crippen LogP contribution in [0.1, 0.15) is 38.3 Å². The Hall–Kier alpha value is -2.31. The molecule has 162 valence electrons. The first-order valence-corrected chi connectivity index (χ1v) is 11.0. The highest BCUT2D eigenvalue weighted by atomic mass is 35.5. The second kappa shape index (κ2) is 11.2. The van der Waals surface area contributed by atoms with Crippen LogP contribution in [0.5, 0.6) is 0 Å². The molecule has 0 amide bonds. The predicted molar refractivity (Wildman–Crippen MR) is 124 cm³/mol. The lowest BCUT2D eigenvalue weighted by Gasteiger charge is -2.20. The Balaban J connectivity index is 1.55. The fourth-order valence-electron chi connectivity index (χ4n) is 3.37. The number of aliphatic imine (C=N–C) groups is 1. The van der Waals surface area contributed by atoms with Crippen molar-refractivity contribution in [2.45, 2.75) is 52.5 Å². The van der Waals surface area contributed by atoms with E-state index in [1.165, 1.54) is 11.1 Å². The highest BCUT2D eigenvalue weighted by Gasteiger charge is 2.25. The zero-order chi connectivity index (χ0) is 21.3. The van der Waals surface area contributed by atoms with Crippen molar-refractivity contribution in [1.82, 2.24) is 15.6 Å². The topological polar surface area (TPSA) is 61.8 Å². The van der Waals surface area contributed by atoms with Gasteiger partial charge < -0.3 is 20.3 Å². The van der Waals surface area contributed by atoms with Gasteiger partial charge in [-0.1, -0.05) is 35.9 Å². The van der Waals surface area contributed by atoms with E-state index in [9.17, 15) is 0 Å². The Bertz CT molecular complexity index is 825. The zero-order valence-corrected chi connectivity index (χ0v) is 18.8. The van der Waals surface area contributed by atoms with Gasteiger partial charge in [-0.3, -0.25) is 0 Å². The third kappa shape index (κ3) is 6.61. The molecule has 1 unspecified atom stereocenters. The maximum Gasteiger partial charge on any atom is 0.191 e. The number of aromatic nitrogens is 1. The summed E-state index contributed by atoms with van der Waals surface area (Å²) in [6, 6.07) is 12.5. The van der Waals surface area contributed by atoms with Crippen molar-refractivity contribution in [3.8, 4) is 0 Å². The first kappa shape index (κ1) is 22.4. The quantitative estimate of drug-likeness (QED) is 0.490. The number of anilines is 1. The Morgan fingerprint density at radius 3 is 2.73 bits per heavy atom. The SMILES string of the molecule is CCNC(=NCc1ccc(COC(C)C)cc1)NC1CCN(c2ncccc2Cl)C1. The summed E-state index contributed by atoms with van der Waals surface area (Å²) in [6.07, 6.45) is 3.04. The molecule has 1 fully saturated rings. The lowest BCUT2D eigenvalue weighted by atomic mass is 10.1. The second-order valence-corrected chi connectivity index (χ2v) is 8.16. The van der Waals surface area contributed by atoms with Gasteiger partial charge in [0, 0.05) is 31.9 Å². The van der Waals surface area contributed by atoms with Gasteiger partial charge in [-0.2, -0.15) is 0 Å². The molecule has 6 nitrogen and oxygen atoms in total. The van der Waals surface area contributed by atoms with E-state index in [1.807, 2.05) is 26.0 Å². The predicted octanol–water partition coefficient (Wildman–Crippen LogP) is 3.99. The molecule has 1 aliphatic rings. The van der Waals surface area contributed by atoms with Crippen molar-refractivity contribution in [1.29, 1.82) is 0 Å². The van der Waals surface area contributed by atoms with Gasteiger partial charge in [0.1, 0.15) is 5.82 Å². The van der Waals surface area contributed by atoms with E-state index < -0.39 is 0 Å². The average molecular weight is 430 g/mol. The molecule has 1 atom stereocenters. The molecule has 2 aromatic rings. The van der Waals surface area contributed by atoms with Crippen LogP contribution in [-0.4, -0.2) is 42.7 Å². The molecule has 1 aromatic heterocycles. The number of rotatable bonds is 8. The van der Waals surface area contributed by atoms with E-state index in [0.29, 0.717) is 24.2 Å². The summed E-state index contributed by atoms with van der Waals surface area (Å²) in [4.78, 5) is 11.4. The molecule has 3 rings (SSSR count). The van der Waals surface area contributed by atoms with Crippen molar-refractivity contribution < 1.29 is 4.74 Å². The van der Waals surface area contributed by atoms with Gasteiger partial charge in [0.2, 0.25) is 0 Å². The minimum atomic E-state index is 0.239. The van der Waals surface area contributed by atoms with Crippen LogP contribution in [0.25, 0.3) is 0 Å². The molecule has 1 aromatic carbocycles. The van der Waals surface area contributed by atoms with Gasteiger partial charge in [0.15, 0.2) is 5.96 Å². The van der Waals surface area contributed by atoms with E-state index in [1.54, 1.807) is 6.20 Å². The van der Waals surface area contributed by atoms with Gasteiger partial charge >= 0.3 is 0 Å². The molecular weight excluding hydrogens is 398 g/mol. The van der Waals surface area contributed by atoms with Crippen LogP contribution in [0.2, 0.25) is 5.02 Å². The minimum absolute atomic E-state index is 0.239. The van der Waals surface area contributed by atoms with Crippen molar-refractivity contribution in [3.05, 3.63) is 58.7 Å². The zero-order valence-electron chi connectivity index (χ0n) is 18.1. The number of nitrogens with zero attached hydrogens (tertiary/aromatic N) is 3. The maximum absolute atomic E-state index is 6.30. The highest BCUT2D eigenvalue weighted by molar-refractivity contribution is 6.32. The summed E-state index contributed by atoms with van der Waals surface area (Å²) in [6.45, 7) is 10.0. The van der Waals surface area contributed by atoms with Crippen molar-refractivity contribution in [2.24, 2.45) is 4.99 Å². The molecule has 0 saturated carbocycles. The summed E-state index contributed by atoms with van der Waals surface area (Å²) in [5, 5.41) is 7.60. The van der Waals surface area contributed by atoms with Crippen LogP contribution >= 0.6 is 11.6 Å². The third-order valence-corrected chi connectivity index (χ3v) is 5.23. The molecule has 1 aliphatic heterocycles. The van der Waals surface area contributed by atoms with Gasteiger partial charge in [-0.25, -0.2) is 9.98 Å². The summed E-state index contributed by atoms with van der Waals surface area (Å²) >= 11 is 6.30. The second-order valence-electron chi connectivity index (χ2n) is 7.76. The third-order valence-electron chi connectivity index (χ3n) is 4.94. The Kier molecular flexibility index (Phi) is 8.34. The van der Waals surface area contributed by atoms with Gasteiger partial charge in [0.25, 0.3) is 0 Å². The van der Waals surface area contributed by atoms with Crippen LogP contribution in [0.3, 0.4) is 0 Å². The summed E-state index contributed by atoms with van der Waals surface area (Å²) < 4.78 is 5.66. The fourth-order valence-corrected chi connectivity index (χ4v) is 3.61. The first-order chi connectivity index (χ1) is 14.5. The molecule has 2 heterocycles. The fraction of sp³-hybridized carbons (Fsp3) is 0.478. The average Bonchev–Trinajstić information content (AvgIpc) is 3.20. The highest BCUT2D eigenvalue weighted by Crippen LogP contribution is 2.25. The molecule has 0 bridgehead atoms. The van der Waals surface area contributed by atoms with E-state index in [-0.39, 0.29) is 6.10 Å². The molecule has 7 heteroatoms.